The number of nitrogens with zero attached hydrogens (tertiary/aromatic N) is 3. The SMILES string of the molecule is Cc1ccccc1OCC(=O)N1CC[C@@H](c2ncon2)C1. The molecule has 1 amide bonds. The van der Waals surface area contributed by atoms with Gasteiger partial charge in [0, 0.05) is 19.0 Å². The van der Waals surface area contributed by atoms with E-state index < -0.39 is 0 Å². The molecule has 21 heavy (non-hydrogen) atoms. The smallest absolute Gasteiger partial charge is 0.260 e. The summed E-state index contributed by atoms with van der Waals surface area (Å²) in [7, 11) is 0. The fourth-order valence-corrected chi connectivity index (χ4v) is 2.51. The molecule has 2 heterocycles. The van der Waals surface area contributed by atoms with E-state index in [1.54, 1.807) is 4.90 Å². The maximum Gasteiger partial charge on any atom is 0.260 e. The standard InChI is InChI=1S/C15H17N3O3/c1-11-4-2-3-5-13(11)20-9-14(19)18-7-6-12(8-18)15-16-10-21-17-15/h2-5,10,12H,6-9H2,1H3/t12-/m1/s1. The van der Waals surface area contributed by atoms with Crippen molar-refractivity contribution in [3.63, 3.8) is 0 Å². The van der Waals surface area contributed by atoms with Gasteiger partial charge in [-0.15, -0.1) is 0 Å². The van der Waals surface area contributed by atoms with Crippen molar-refractivity contribution in [2.24, 2.45) is 0 Å². The number of hydrogen-bond donors (Lipinski definition) is 0. The van der Waals surface area contributed by atoms with Crippen LogP contribution in [-0.2, 0) is 4.79 Å². The van der Waals surface area contributed by atoms with Crippen LogP contribution in [0.25, 0.3) is 0 Å². The predicted octanol–water partition coefficient (Wildman–Crippen LogP) is 1.77. The van der Waals surface area contributed by atoms with Crippen LogP contribution in [0.1, 0.15) is 23.7 Å². The van der Waals surface area contributed by atoms with Gasteiger partial charge in [0.05, 0.1) is 0 Å². The summed E-state index contributed by atoms with van der Waals surface area (Å²) in [4.78, 5) is 18.0. The molecule has 6 heteroatoms. The maximum atomic E-state index is 12.2. The molecule has 0 unspecified atom stereocenters. The van der Waals surface area contributed by atoms with Gasteiger partial charge in [-0.05, 0) is 25.0 Å². The second-order valence-corrected chi connectivity index (χ2v) is 5.17. The molecule has 1 aromatic heterocycles. The summed E-state index contributed by atoms with van der Waals surface area (Å²) in [6.07, 6.45) is 2.18. The van der Waals surface area contributed by atoms with Gasteiger partial charge in [-0.25, -0.2) is 0 Å². The number of aromatic nitrogens is 2. The molecule has 0 bridgehead atoms. The molecule has 1 saturated heterocycles. The highest BCUT2D eigenvalue weighted by Gasteiger charge is 2.29. The molecule has 1 fully saturated rings. The summed E-state index contributed by atoms with van der Waals surface area (Å²) in [5.41, 5.74) is 1.02. The average molecular weight is 287 g/mol. The van der Waals surface area contributed by atoms with Gasteiger partial charge in [0.25, 0.3) is 5.91 Å². The topological polar surface area (TPSA) is 68.5 Å². The lowest BCUT2D eigenvalue weighted by molar-refractivity contribution is -0.132. The van der Waals surface area contributed by atoms with Crippen molar-refractivity contribution in [2.75, 3.05) is 19.7 Å². The lowest BCUT2D eigenvalue weighted by Crippen LogP contribution is -2.33. The van der Waals surface area contributed by atoms with Crippen LogP contribution in [0.5, 0.6) is 5.75 Å². The van der Waals surface area contributed by atoms with Crippen molar-refractivity contribution in [1.82, 2.24) is 15.0 Å². The van der Waals surface area contributed by atoms with Crippen LogP contribution in [-0.4, -0.2) is 40.6 Å². The van der Waals surface area contributed by atoms with Crippen molar-refractivity contribution in [3.05, 3.63) is 42.0 Å². The van der Waals surface area contributed by atoms with E-state index in [1.165, 1.54) is 6.39 Å². The van der Waals surface area contributed by atoms with Crippen LogP contribution in [0, 0.1) is 6.92 Å². The first-order valence-corrected chi connectivity index (χ1v) is 6.96. The molecule has 0 spiro atoms. The third-order valence-electron chi connectivity index (χ3n) is 3.73. The van der Waals surface area contributed by atoms with E-state index in [4.69, 9.17) is 9.26 Å². The number of para-hydroxylation sites is 1. The van der Waals surface area contributed by atoms with Gasteiger partial charge < -0.3 is 14.2 Å². The van der Waals surface area contributed by atoms with Crippen LogP contribution in [0.15, 0.2) is 35.2 Å². The third kappa shape index (κ3) is 3.04. The van der Waals surface area contributed by atoms with Gasteiger partial charge >= 0.3 is 0 Å². The Hall–Kier alpha value is -2.37. The van der Waals surface area contributed by atoms with Gasteiger partial charge in [0.1, 0.15) is 5.75 Å². The van der Waals surface area contributed by atoms with Crippen LogP contribution >= 0.6 is 0 Å². The Morgan fingerprint density at radius 3 is 3.10 bits per heavy atom. The van der Waals surface area contributed by atoms with Crippen molar-refractivity contribution >= 4 is 5.91 Å². The van der Waals surface area contributed by atoms with Crippen LogP contribution in [0.3, 0.4) is 0 Å². The van der Waals surface area contributed by atoms with E-state index >= 15 is 0 Å². The molecule has 0 saturated carbocycles. The minimum atomic E-state index is -0.00996. The minimum Gasteiger partial charge on any atom is -0.484 e. The van der Waals surface area contributed by atoms with E-state index in [0.29, 0.717) is 18.9 Å². The molecule has 1 aliphatic rings. The summed E-state index contributed by atoms with van der Waals surface area (Å²) >= 11 is 0. The Balaban J connectivity index is 1.54. The normalized spacial score (nSPS) is 18.0. The van der Waals surface area contributed by atoms with Gasteiger partial charge in [-0.2, -0.15) is 4.98 Å². The second-order valence-electron chi connectivity index (χ2n) is 5.17. The largest absolute Gasteiger partial charge is 0.484 e. The van der Waals surface area contributed by atoms with Gasteiger partial charge in [0.2, 0.25) is 6.39 Å². The zero-order chi connectivity index (χ0) is 14.7. The molecule has 1 atom stereocenters. The Morgan fingerprint density at radius 1 is 1.48 bits per heavy atom. The molecular formula is C15H17N3O3. The van der Waals surface area contributed by atoms with Gasteiger partial charge in [-0.1, -0.05) is 23.4 Å². The average Bonchev–Trinajstić information content (AvgIpc) is 3.16. The van der Waals surface area contributed by atoms with Crippen LogP contribution in [0.2, 0.25) is 0 Å². The summed E-state index contributed by atoms with van der Waals surface area (Å²) < 4.78 is 10.3. The summed E-state index contributed by atoms with van der Waals surface area (Å²) in [6.45, 7) is 3.34. The van der Waals surface area contributed by atoms with E-state index in [1.807, 2.05) is 31.2 Å². The summed E-state index contributed by atoms with van der Waals surface area (Å²) in [5, 5.41) is 3.84. The number of carbonyl (C=O) groups excluding carboxylic acids is 1. The maximum absolute atomic E-state index is 12.2. The van der Waals surface area contributed by atoms with Crippen molar-refractivity contribution in [1.29, 1.82) is 0 Å². The number of amides is 1. The monoisotopic (exact) mass is 287 g/mol. The van der Waals surface area contributed by atoms with Crippen LogP contribution in [0.4, 0.5) is 0 Å². The molecule has 1 aliphatic heterocycles. The van der Waals surface area contributed by atoms with Gasteiger partial charge in [-0.3, -0.25) is 4.79 Å². The highest BCUT2D eigenvalue weighted by atomic mass is 16.5. The molecule has 3 rings (SSSR count). The Morgan fingerprint density at radius 2 is 2.33 bits per heavy atom. The number of ether oxygens (including phenoxy) is 1. The van der Waals surface area contributed by atoms with Crippen molar-refractivity contribution < 1.29 is 14.1 Å². The first-order chi connectivity index (χ1) is 10.2. The zero-order valence-corrected chi connectivity index (χ0v) is 11.9. The van der Waals surface area contributed by atoms with Crippen molar-refractivity contribution in [3.8, 4) is 5.75 Å². The predicted molar refractivity (Wildman–Crippen MR) is 74.9 cm³/mol. The second kappa shape index (κ2) is 5.95. The van der Waals surface area contributed by atoms with E-state index in [-0.39, 0.29) is 18.4 Å². The van der Waals surface area contributed by atoms with E-state index in [0.717, 1.165) is 17.7 Å². The number of carbonyl (C=O) groups is 1. The highest BCUT2D eigenvalue weighted by molar-refractivity contribution is 5.78. The lowest BCUT2D eigenvalue weighted by atomic mass is 10.1. The quantitative estimate of drug-likeness (QED) is 0.857. The van der Waals surface area contributed by atoms with Gasteiger partial charge in [0.15, 0.2) is 12.4 Å². The third-order valence-corrected chi connectivity index (χ3v) is 3.73. The molecule has 6 nitrogen and oxygen atoms in total. The molecule has 110 valence electrons. The highest BCUT2D eigenvalue weighted by Crippen LogP contribution is 2.24. The Kier molecular flexibility index (Phi) is 3.85. The lowest BCUT2D eigenvalue weighted by Gasteiger charge is -2.16. The number of hydrogen-bond acceptors (Lipinski definition) is 5. The van der Waals surface area contributed by atoms with E-state index in [9.17, 15) is 4.79 Å². The summed E-state index contributed by atoms with van der Waals surface area (Å²) in [5.74, 6) is 1.57. The molecule has 0 aliphatic carbocycles. The Bertz CT molecular complexity index is 612. The molecule has 1 aromatic carbocycles. The summed E-state index contributed by atoms with van der Waals surface area (Å²) in [6, 6.07) is 7.67. The minimum absolute atomic E-state index is 0.00996. The number of aryl methyl sites for hydroxylation is 1. The molecular weight excluding hydrogens is 270 g/mol. The first-order valence-electron chi connectivity index (χ1n) is 6.96. The van der Waals surface area contributed by atoms with Crippen LogP contribution < -0.4 is 4.74 Å². The first kappa shape index (κ1) is 13.6. The number of rotatable bonds is 4. The fraction of sp³-hybridized carbons (Fsp3) is 0.400. The molecule has 2 aromatic rings. The number of benzene rings is 1. The Labute approximate surface area is 122 Å². The number of likely N-dealkylation sites (tertiary alicyclic amines) is 1. The zero-order valence-electron chi connectivity index (χ0n) is 11.9. The molecule has 0 radical (unpaired) electrons. The fourth-order valence-electron chi connectivity index (χ4n) is 2.51. The van der Waals surface area contributed by atoms with E-state index in [2.05, 4.69) is 10.1 Å². The molecule has 0 N–H and O–H groups in total. The van der Waals surface area contributed by atoms with Crippen molar-refractivity contribution in [2.45, 2.75) is 19.3 Å².